The smallest absolute Gasteiger partial charge is 0.318 e. The molecule has 132 valence electrons. The number of nitrogens with one attached hydrogen (secondary N) is 1. The third kappa shape index (κ3) is 3.89. The highest BCUT2D eigenvalue weighted by atomic mass is 32.2. The van der Waals surface area contributed by atoms with Crippen molar-refractivity contribution in [3.05, 3.63) is 35.4 Å². The Bertz CT molecular complexity index is 566. The van der Waals surface area contributed by atoms with Crippen molar-refractivity contribution in [2.24, 2.45) is 0 Å². The van der Waals surface area contributed by atoms with Gasteiger partial charge in [0.1, 0.15) is 0 Å². The summed E-state index contributed by atoms with van der Waals surface area (Å²) in [6.07, 6.45) is 8.13. The van der Waals surface area contributed by atoms with Gasteiger partial charge in [0, 0.05) is 24.4 Å². The average Bonchev–Trinajstić information content (AvgIpc) is 3.22. The Kier molecular flexibility index (Phi) is 6.06. The molecule has 1 aromatic carbocycles. The number of thioether (sulfide) groups is 1. The van der Waals surface area contributed by atoms with E-state index >= 15 is 0 Å². The van der Waals surface area contributed by atoms with E-state index in [0.29, 0.717) is 24.3 Å². The van der Waals surface area contributed by atoms with Gasteiger partial charge in [-0.2, -0.15) is 11.8 Å². The van der Waals surface area contributed by atoms with Crippen molar-refractivity contribution in [3.8, 4) is 0 Å². The summed E-state index contributed by atoms with van der Waals surface area (Å²) in [5, 5.41) is 13.2. The van der Waals surface area contributed by atoms with Gasteiger partial charge in [-0.25, -0.2) is 4.79 Å². The zero-order valence-corrected chi connectivity index (χ0v) is 15.2. The number of aliphatic hydroxyl groups excluding tert-OH is 1. The SMILES string of the molecule is CS[C@@H]1CC[C@@H](NC(=O)N(CCCO)[C@H]2CCc3ccccc32)C1. The van der Waals surface area contributed by atoms with Crippen LogP contribution in [0.15, 0.2) is 24.3 Å². The molecule has 5 heteroatoms. The van der Waals surface area contributed by atoms with Gasteiger partial charge in [-0.05, 0) is 55.9 Å². The van der Waals surface area contributed by atoms with Crippen molar-refractivity contribution in [1.29, 1.82) is 0 Å². The Labute approximate surface area is 149 Å². The maximum Gasteiger partial charge on any atom is 0.318 e. The fourth-order valence-electron chi connectivity index (χ4n) is 4.04. The Balaban J connectivity index is 1.69. The minimum atomic E-state index is 0.0388. The van der Waals surface area contributed by atoms with Crippen molar-refractivity contribution in [2.75, 3.05) is 19.4 Å². The molecule has 24 heavy (non-hydrogen) atoms. The van der Waals surface area contributed by atoms with Gasteiger partial charge in [-0.1, -0.05) is 24.3 Å². The van der Waals surface area contributed by atoms with Crippen molar-refractivity contribution in [1.82, 2.24) is 10.2 Å². The van der Waals surface area contributed by atoms with Crippen LogP contribution in [-0.4, -0.2) is 46.7 Å². The maximum absolute atomic E-state index is 12.9. The molecule has 0 aromatic heterocycles. The van der Waals surface area contributed by atoms with E-state index in [9.17, 15) is 9.90 Å². The highest BCUT2D eigenvalue weighted by molar-refractivity contribution is 7.99. The Morgan fingerprint density at radius 3 is 2.92 bits per heavy atom. The van der Waals surface area contributed by atoms with Crippen molar-refractivity contribution in [2.45, 2.75) is 55.9 Å². The summed E-state index contributed by atoms with van der Waals surface area (Å²) in [6.45, 7) is 0.732. The molecular formula is C19H28N2O2S. The summed E-state index contributed by atoms with van der Waals surface area (Å²) in [4.78, 5) is 14.9. The van der Waals surface area contributed by atoms with E-state index in [1.807, 2.05) is 16.7 Å². The summed E-state index contributed by atoms with van der Waals surface area (Å²) < 4.78 is 0. The molecule has 4 nitrogen and oxygen atoms in total. The van der Waals surface area contributed by atoms with Crippen molar-refractivity contribution in [3.63, 3.8) is 0 Å². The lowest BCUT2D eigenvalue weighted by atomic mass is 10.1. The number of carbonyl (C=O) groups excluding carboxylic acids is 1. The molecule has 3 atom stereocenters. The first-order chi connectivity index (χ1) is 11.7. The third-order valence-corrected chi connectivity index (χ3v) is 6.44. The third-order valence-electron chi connectivity index (χ3n) is 5.34. The summed E-state index contributed by atoms with van der Waals surface area (Å²) in [7, 11) is 0. The molecule has 0 bridgehead atoms. The zero-order valence-electron chi connectivity index (χ0n) is 14.4. The Morgan fingerprint density at radius 2 is 2.17 bits per heavy atom. The zero-order chi connectivity index (χ0) is 16.9. The van der Waals surface area contributed by atoms with Crippen LogP contribution in [0.3, 0.4) is 0 Å². The fourth-order valence-corrected chi connectivity index (χ4v) is 4.84. The number of fused-ring (bicyclic) bond motifs is 1. The van der Waals surface area contributed by atoms with E-state index < -0.39 is 0 Å². The van der Waals surface area contributed by atoms with E-state index in [1.54, 1.807) is 0 Å². The van der Waals surface area contributed by atoms with Crippen molar-refractivity contribution >= 4 is 17.8 Å². The fraction of sp³-hybridized carbons (Fsp3) is 0.632. The maximum atomic E-state index is 12.9. The molecule has 0 radical (unpaired) electrons. The van der Waals surface area contributed by atoms with Crippen LogP contribution < -0.4 is 5.32 Å². The molecule has 3 rings (SSSR count). The number of hydrogen-bond acceptors (Lipinski definition) is 3. The molecule has 2 aliphatic rings. The van der Waals surface area contributed by atoms with Gasteiger partial charge in [0.2, 0.25) is 0 Å². The van der Waals surface area contributed by atoms with Crippen LogP contribution in [0.2, 0.25) is 0 Å². The number of rotatable bonds is 6. The second-order valence-corrected chi connectivity index (χ2v) is 7.98. The summed E-state index contributed by atoms with van der Waals surface area (Å²) >= 11 is 1.90. The van der Waals surface area contributed by atoms with E-state index in [-0.39, 0.29) is 18.7 Å². The molecule has 1 fully saturated rings. The average molecular weight is 349 g/mol. The summed E-state index contributed by atoms with van der Waals surface area (Å²) in [5.41, 5.74) is 2.63. The lowest BCUT2D eigenvalue weighted by molar-refractivity contribution is 0.161. The second-order valence-electron chi connectivity index (χ2n) is 6.84. The van der Waals surface area contributed by atoms with E-state index in [1.165, 1.54) is 17.5 Å². The molecule has 0 unspecified atom stereocenters. The number of aryl methyl sites for hydroxylation is 1. The second kappa shape index (κ2) is 8.26. The van der Waals surface area contributed by atoms with Gasteiger partial charge >= 0.3 is 6.03 Å². The van der Waals surface area contributed by atoms with Crippen LogP contribution in [0.25, 0.3) is 0 Å². The predicted molar refractivity (Wildman–Crippen MR) is 99.4 cm³/mol. The number of hydrogen-bond donors (Lipinski definition) is 2. The monoisotopic (exact) mass is 348 g/mol. The topological polar surface area (TPSA) is 52.6 Å². The molecule has 2 N–H and O–H groups in total. The number of benzene rings is 1. The Hall–Kier alpha value is -1.20. The van der Waals surface area contributed by atoms with E-state index in [4.69, 9.17) is 0 Å². The van der Waals surface area contributed by atoms with Gasteiger partial charge in [0.05, 0.1) is 6.04 Å². The molecule has 2 amide bonds. The van der Waals surface area contributed by atoms with Crippen LogP contribution >= 0.6 is 11.8 Å². The lowest BCUT2D eigenvalue weighted by Crippen LogP contribution is -2.46. The lowest BCUT2D eigenvalue weighted by Gasteiger charge is -2.31. The first-order valence-corrected chi connectivity index (χ1v) is 10.3. The minimum absolute atomic E-state index is 0.0388. The molecular weight excluding hydrogens is 320 g/mol. The van der Waals surface area contributed by atoms with Crippen LogP contribution in [-0.2, 0) is 6.42 Å². The normalized spacial score (nSPS) is 25.5. The van der Waals surface area contributed by atoms with Gasteiger partial charge in [-0.15, -0.1) is 0 Å². The van der Waals surface area contributed by atoms with Crippen LogP contribution in [0.4, 0.5) is 4.79 Å². The Morgan fingerprint density at radius 1 is 1.33 bits per heavy atom. The molecule has 1 aromatic rings. The molecule has 0 saturated heterocycles. The number of urea groups is 1. The van der Waals surface area contributed by atoms with Crippen LogP contribution in [0.1, 0.15) is 49.3 Å². The molecule has 0 aliphatic heterocycles. The molecule has 0 spiro atoms. The number of nitrogens with zero attached hydrogens (tertiary/aromatic N) is 1. The summed E-state index contributed by atoms with van der Waals surface area (Å²) in [6, 6.07) is 8.91. The van der Waals surface area contributed by atoms with E-state index in [0.717, 1.165) is 25.7 Å². The predicted octanol–water partition coefficient (Wildman–Crippen LogP) is 3.35. The highest BCUT2D eigenvalue weighted by Gasteiger charge is 2.32. The summed E-state index contributed by atoms with van der Waals surface area (Å²) in [5.74, 6) is 0. The van der Waals surface area contributed by atoms with E-state index in [2.05, 4.69) is 35.8 Å². The van der Waals surface area contributed by atoms with Gasteiger partial charge < -0.3 is 15.3 Å². The largest absolute Gasteiger partial charge is 0.396 e. The first-order valence-electron chi connectivity index (χ1n) is 9.01. The number of amides is 2. The van der Waals surface area contributed by atoms with Crippen LogP contribution in [0, 0.1) is 0 Å². The quantitative estimate of drug-likeness (QED) is 0.829. The van der Waals surface area contributed by atoms with Gasteiger partial charge in [0.15, 0.2) is 0 Å². The minimum Gasteiger partial charge on any atom is -0.396 e. The van der Waals surface area contributed by atoms with Gasteiger partial charge in [-0.3, -0.25) is 0 Å². The highest BCUT2D eigenvalue weighted by Crippen LogP contribution is 2.36. The molecule has 1 saturated carbocycles. The standard InChI is InChI=1S/C19H28N2O2S/c1-24-16-9-8-15(13-16)20-19(23)21(11-4-12-22)18-10-7-14-5-2-3-6-17(14)18/h2-3,5-6,15-16,18,22H,4,7-13H2,1H3,(H,20,23)/t15-,16-,18+/m1/s1. The first kappa shape index (κ1) is 17.6. The number of aliphatic hydroxyl groups is 1. The molecule has 0 heterocycles. The number of carbonyl (C=O) groups is 1. The van der Waals surface area contributed by atoms with Crippen LogP contribution in [0.5, 0.6) is 0 Å². The molecule has 2 aliphatic carbocycles. The van der Waals surface area contributed by atoms with Gasteiger partial charge in [0.25, 0.3) is 0 Å². The van der Waals surface area contributed by atoms with Crippen molar-refractivity contribution < 1.29 is 9.90 Å².